The zero-order valence-corrected chi connectivity index (χ0v) is 16.3. The molecule has 5 unspecified atom stereocenters. The van der Waals surface area contributed by atoms with E-state index in [0.717, 1.165) is 32.1 Å². The molecule has 0 bridgehead atoms. The number of likely N-dealkylation sites (tertiary alicyclic amines) is 1. The van der Waals surface area contributed by atoms with Crippen molar-refractivity contribution >= 4 is 11.9 Å². The molecule has 3 aliphatic rings. The molecule has 0 radical (unpaired) electrons. The summed E-state index contributed by atoms with van der Waals surface area (Å²) < 4.78 is 16.7. The minimum Gasteiger partial charge on any atom is -0.455 e. The first kappa shape index (κ1) is 20.6. The predicted octanol–water partition coefficient (Wildman–Crippen LogP) is 1.80. The minimum absolute atomic E-state index is 0.0567. The van der Waals surface area contributed by atoms with Crippen LogP contribution in [0.5, 0.6) is 0 Å². The van der Waals surface area contributed by atoms with Crippen molar-refractivity contribution in [3.63, 3.8) is 0 Å². The molecule has 3 fully saturated rings. The molecule has 0 saturated carbocycles. The van der Waals surface area contributed by atoms with Crippen molar-refractivity contribution in [3.8, 4) is 0 Å². The molecule has 0 aromatic carbocycles. The Hall–Kier alpha value is -1.18. The summed E-state index contributed by atoms with van der Waals surface area (Å²) in [6, 6.07) is -0.507. The summed E-state index contributed by atoms with van der Waals surface area (Å²) >= 11 is 0. The summed E-state index contributed by atoms with van der Waals surface area (Å²) in [5, 5.41) is 9.81. The second kappa shape index (κ2) is 9.85. The highest BCUT2D eigenvalue weighted by Gasteiger charge is 2.49. The topological polar surface area (TPSA) is 85.3 Å². The number of hydrogen-bond acceptors (Lipinski definition) is 6. The van der Waals surface area contributed by atoms with Crippen LogP contribution in [-0.4, -0.2) is 72.1 Å². The second-order valence-corrected chi connectivity index (χ2v) is 7.90. The highest BCUT2D eigenvalue weighted by atomic mass is 16.6. The average molecular weight is 383 g/mol. The maximum Gasteiger partial charge on any atom is 0.329 e. The van der Waals surface area contributed by atoms with Crippen molar-refractivity contribution < 1.29 is 28.9 Å². The molecule has 5 atom stereocenters. The molecule has 7 heteroatoms. The largest absolute Gasteiger partial charge is 0.455 e. The number of fused-ring (bicyclic) bond motifs is 1. The Balaban J connectivity index is 1.50. The molecule has 154 valence electrons. The Labute approximate surface area is 161 Å². The SMILES string of the molecule is CCCCCCCC(=O)N1CCCCC1C(=O)OC1COC2C(O)COC12. The van der Waals surface area contributed by atoms with E-state index in [1.807, 2.05) is 0 Å². The molecule has 3 aliphatic heterocycles. The first-order valence-corrected chi connectivity index (χ1v) is 10.5. The average Bonchev–Trinajstić information content (AvgIpc) is 3.25. The van der Waals surface area contributed by atoms with Crippen LogP contribution in [0.3, 0.4) is 0 Å². The van der Waals surface area contributed by atoms with E-state index >= 15 is 0 Å². The number of carbonyl (C=O) groups is 2. The van der Waals surface area contributed by atoms with Gasteiger partial charge in [0.1, 0.15) is 24.4 Å². The van der Waals surface area contributed by atoms with Crippen LogP contribution in [0.2, 0.25) is 0 Å². The molecule has 3 saturated heterocycles. The fourth-order valence-corrected chi connectivity index (χ4v) is 4.27. The number of aliphatic hydroxyl groups excluding tert-OH is 1. The van der Waals surface area contributed by atoms with Crippen LogP contribution in [-0.2, 0) is 23.8 Å². The Morgan fingerprint density at radius 3 is 2.67 bits per heavy atom. The van der Waals surface area contributed by atoms with Gasteiger partial charge in [-0.1, -0.05) is 32.6 Å². The lowest BCUT2D eigenvalue weighted by Crippen LogP contribution is -2.50. The van der Waals surface area contributed by atoms with Crippen LogP contribution in [0.25, 0.3) is 0 Å². The van der Waals surface area contributed by atoms with E-state index < -0.39 is 30.5 Å². The summed E-state index contributed by atoms with van der Waals surface area (Å²) in [5.74, 6) is -0.311. The van der Waals surface area contributed by atoms with Gasteiger partial charge in [0.15, 0.2) is 6.10 Å². The molecule has 0 aliphatic carbocycles. The van der Waals surface area contributed by atoms with Gasteiger partial charge in [0.2, 0.25) is 5.91 Å². The van der Waals surface area contributed by atoms with Gasteiger partial charge in [-0.05, 0) is 25.7 Å². The number of ether oxygens (including phenoxy) is 3. The molecule has 0 spiro atoms. The van der Waals surface area contributed by atoms with Gasteiger partial charge in [-0.3, -0.25) is 4.79 Å². The third kappa shape index (κ3) is 5.00. The number of aliphatic hydroxyl groups is 1. The van der Waals surface area contributed by atoms with Crippen molar-refractivity contribution in [1.82, 2.24) is 4.90 Å². The maximum atomic E-state index is 12.8. The van der Waals surface area contributed by atoms with E-state index in [-0.39, 0.29) is 25.1 Å². The predicted molar refractivity (Wildman–Crippen MR) is 98.1 cm³/mol. The fraction of sp³-hybridized carbons (Fsp3) is 0.900. The Morgan fingerprint density at radius 2 is 1.85 bits per heavy atom. The smallest absolute Gasteiger partial charge is 0.329 e. The van der Waals surface area contributed by atoms with Gasteiger partial charge in [0.05, 0.1) is 13.2 Å². The number of piperidine rings is 1. The Bertz CT molecular complexity index is 513. The third-order valence-corrected chi connectivity index (χ3v) is 5.84. The molecular formula is C20H33NO6. The summed E-state index contributed by atoms with van der Waals surface area (Å²) in [5.41, 5.74) is 0. The number of amides is 1. The van der Waals surface area contributed by atoms with E-state index in [2.05, 4.69) is 6.92 Å². The lowest BCUT2D eigenvalue weighted by Gasteiger charge is -2.35. The van der Waals surface area contributed by atoms with Crippen molar-refractivity contribution in [3.05, 3.63) is 0 Å². The Morgan fingerprint density at radius 1 is 1.07 bits per heavy atom. The molecule has 1 N–H and O–H groups in total. The van der Waals surface area contributed by atoms with Gasteiger partial charge in [0.25, 0.3) is 0 Å². The lowest BCUT2D eigenvalue weighted by atomic mass is 10.0. The standard InChI is InChI=1S/C20H33NO6/c1-2-3-4-5-6-10-17(23)21-11-8-7-9-14(21)20(24)27-16-13-26-18-15(22)12-25-19(16)18/h14-16,18-19,22H,2-13H2,1H3. The second-order valence-electron chi connectivity index (χ2n) is 7.90. The quantitative estimate of drug-likeness (QED) is 0.508. The minimum atomic E-state index is -0.667. The molecule has 7 nitrogen and oxygen atoms in total. The molecule has 3 heterocycles. The zero-order valence-electron chi connectivity index (χ0n) is 16.3. The highest BCUT2D eigenvalue weighted by molar-refractivity contribution is 5.84. The van der Waals surface area contributed by atoms with Crippen molar-refractivity contribution in [1.29, 1.82) is 0 Å². The number of carbonyl (C=O) groups excluding carboxylic acids is 2. The van der Waals surface area contributed by atoms with Crippen LogP contribution in [0.4, 0.5) is 0 Å². The number of esters is 1. The van der Waals surface area contributed by atoms with Gasteiger partial charge in [-0.15, -0.1) is 0 Å². The van der Waals surface area contributed by atoms with Gasteiger partial charge in [-0.2, -0.15) is 0 Å². The molecule has 0 aromatic rings. The van der Waals surface area contributed by atoms with Crippen LogP contribution >= 0.6 is 0 Å². The van der Waals surface area contributed by atoms with Crippen molar-refractivity contribution in [2.24, 2.45) is 0 Å². The third-order valence-electron chi connectivity index (χ3n) is 5.84. The fourth-order valence-electron chi connectivity index (χ4n) is 4.27. The summed E-state index contributed by atoms with van der Waals surface area (Å²) in [7, 11) is 0. The first-order chi connectivity index (χ1) is 13.1. The van der Waals surface area contributed by atoms with Gasteiger partial charge < -0.3 is 24.2 Å². The van der Waals surface area contributed by atoms with Crippen LogP contribution in [0.1, 0.15) is 64.7 Å². The number of rotatable bonds is 8. The van der Waals surface area contributed by atoms with E-state index in [9.17, 15) is 14.7 Å². The molecule has 3 rings (SSSR count). The van der Waals surface area contributed by atoms with Crippen molar-refractivity contribution in [2.75, 3.05) is 19.8 Å². The van der Waals surface area contributed by atoms with E-state index in [0.29, 0.717) is 19.4 Å². The highest BCUT2D eigenvalue weighted by Crippen LogP contribution is 2.30. The Kier molecular flexibility index (Phi) is 7.49. The summed E-state index contributed by atoms with van der Waals surface area (Å²) in [6.07, 6.45) is 6.47. The molecule has 1 amide bonds. The lowest BCUT2D eigenvalue weighted by molar-refractivity contribution is -0.165. The number of unbranched alkanes of at least 4 members (excludes halogenated alkanes) is 4. The maximum absolute atomic E-state index is 12.8. The van der Waals surface area contributed by atoms with Crippen LogP contribution in [0, 0.1) is 0 Å². The van der Waals surface area contributed by atoms with E-state index in [1.165, 1.54) is 12.8 Å². The van der Waals surface area contributed by atoms with E-state index in [1.54, 1.807) is 4.90 Å². The normalized spacial score (nSPS) is 33.1. The van der Waals surface area contributed by atoms with Gasteiger partial charge >= 0.3 is 5.97 Å². The molecular weight excluding hydrogens is 350 g/mol. The zero-order chi connectivity index (χ0) is 19.2. The monoisotopic (exact) mass is 383 g/mol. The van der Waals surface area contributed by atoms with Crippen LogP contribution < -0.4 is 0 Å². The van der Waals surface area contributed by atoms with Crippen LogP contribution in [0.15, 0.2) is 0 Å². The molecule has 27 heavy (non-hydrogen) atoms. The van der Waals surface area contributed by atoms with E-state index in [4.69, 9.17) is 14.2 Å². The number of nitrogens with zero attached hydrogens (tertiary/aromatic N) is 1. The van der Waals surface area contributed by atoms with Gasteiger partial charge in [-0.25, -0.2) is 4.79 Å². The summed E-state index contributed by atoms with van der Waals surface area (Å²) in [4.78, 5) is 27.1. The van der Waals surface area contributed by atoms with Crippen molar-refractivity contribution in [2.45, 2.75) is 95.2 Å². The van der Waals surface area contributed by atoms with Gasteiger partial charge in [0, 0.05) is 13.0 Å². The summed E-state index contributed by atoms with van der Waals surface area (Å²) in [6.45, 7) is 3.23. The number of hydrogen-bond donors (Lipinski definition) is 1. The first-order valence-electron chi connectivity index (χ1n) is 10.5. The molecule has 0 aromatic heterocycles.